The lowest BCUT2D eigenvalue weighted by molar-refractivity contribution is -0.0161. The Morgan fingerprint density at radius 2 is 2.13 bits per heavy atom. The molecule has 0 aromatic rings. The van der Waals surface area contributed by atoms with Gasteiger partial charge in [-0.1, -0.05) is 6.92 Å². The highest BCUT2D eigenvalue weighted by molar-refractivity contribution is 4.90. The quantitative estimate of drug-likeness (QED) is 0.763. The van der Waals surface area contributed by atoms with Gasteiger partial charge in [0.2, 0.25) is 0 Å². The van der Waals surface area contributed by atoms with E-state index in [-0.39, 0.29) is 6.42 Å². The van der Waals surface area contributed by atoms with E-state index in [4.69, 9.17) is 0 Å². The van der Waals surface area contributed by atoms with Gasteiger partial charge in [0, 0.05) is 25.6 Å². The van der Waals surface area contributed by atoms with E-state index in [1.807, 2.05) is 0 Å². The van der Waals surface area contributed by atoms with E-state index >= 15 is 0 Å². The van der Waals surface area contributed by atoms with E-state index in [1.165, 1.54) is 0 Å². The lowest BCUT2D eigenvalue weighted by Gasteiger charge is -2.27. The van der Waals surface area contributed by atoms with Crippen molar-refractivity contribution in [2.75, 3.05) is 19.6 Å². The SMILES string of the molecule is CCN(CCC1NCCC1(F)F)C(C)C. The first-order valence-corrected chi connectivity index (χ1v) is 5.82. The minimum Gasteiger partial charge on any atom is -0.308 e. The summed E-state index contributed by atoms with van der Waals surface area (Å²) < 4.78 is 26.6. The number of halogens is 2. The second kappa shape index (κ2) is 5.21. The van der Waals surface area contributed by atoms with Crippen LogP contribution in [0, 0.1) is 0 Å². The fraction of sp³-hybridized carbons (Fsp3) is 1.00. The molecule has 90 valence electrons. The number of rotatable bonds is 5. The van der Waals surface area contributed by atoms with Crippen molar-refractivity contribution in [3.05, 3.63) is 0 Å². The molecular formula is C11H22F2N2. The van der Waals surface area contributed by atoms with Gasteiger partial charge in [-0.3, -0.25) is 0 Å². The molecule has 0 amide bonds. The minimum absolute atomic E-state index is 0.00846. The lowest BCUT2D eigenvalue weighted by Crippen LogP contribution is -2.40. The summed E-state index contributed by atoms with van der Waals surface area (Å²) >= 11 is 0. The van der Waals surface area contributed by atoms with E-state index < -0.39 is 12.0 Å². The third kappa shape index (κ3) is 3.38. The molecule has 1 rings (SSSR count). The standard InChI is InChI=1S/C11H22F2N2/c1-4-15(9(2)3)8-5-10-11(12,13)6-7-14-10/h9-10,14H,4-8H2,1-3H3. The smallest absolute Gasteiger partial charge is 0.264 e. The van der Waals surface area contributed by atoms with Crippen molar-refractivity contribution in [2.45, 2.75) is 51.6 Å². The Kier molecular flexibility index (Phi) is 4.46. The van der Waals surface area contributed by atoms with Gasteiger partial charge in [-0.15, -0.1) is 0 Å². The summed E-state index contributed by atoms with van der Waals surface area (Å²) in [5.41, 5.74) is 0. The van der Waals surface area contributed by atoms with Crippen LogP contribution in [-0.4, -0.2) is 42.5 Å². The van der Waals surface area contributed by atoms with Crippen LogP contribution in [0.2, 0.25) is 0 Å². The number of alkyl halides is 2. The highest BCUT2D eigenvalue weighted by Gasteiger charge is 2.43. The lowest BCUT2D eigenvalue weighted by atomic mass is 10.1. The third-order valence-electron chi connectivity index (χ3n) is 3.20. The first kappa shape index (κ1) is 12.8. The average Bonchev–Trinajstić information content (AvgIpc) is 2.46. The van der Waals surface area contributed by atoms with Gasteiger partial charge in [0.25, 0.3) is 5.92 Å². The second-order valence-corrected chi connectivity index (χ2v) is 4.53. The zero-order valence-electron chi connectivity index (χ0n) is 9.89. The first-order chi connectivity index (χ1) is 6.97. The molecular weight excluding hydrogens is 198 g/mol. The van der Waals surface area contributed by atoms with Crippen LogP contribution in [0.3, 0.4) is 0 Å². The number of hydrogen-bond donors (Lipinski definition) is 1. The summed E-state index contributed by atoms with van der Waals surface area (Å²) in [4.78, 5) is 2.22. The van der Waals surface area contributed by atoms with Crippen LogP contribution in [0.4, 0.5) is 8.78 Å². The van der Waals surface area contributed by atoms with Gasteiger partial charge in [0.1, 0.15) is 0 Å². The Labute approximate surface area is 91.0 Å². The first-order valence-electron chi connectivity index (χ1n) is 5.82. The highest BCUT2D eigenvalue weighted by atomic mass is 19.3. The van der Waals surface area contributed by atoms with Crippen LogP contribution < -0.4 is 5.32 Å². The predicted molar refractivity (Wildman–Crippen MR) is 58.4 cm³/mol. The monoisotopic (exact) mass is 220 g/mol. The van der Waals surface area contributed by atoms with Crippen molar-refractivity contribution in [3.63, 3.8) is 0 Å². The van der Waals surface area contributed by atoms with Crippen LogP contribution >= 0.6 is 0 Å². The van der Waals surface area contributed by atoms with Gasteiger partial charge in [0.05, 0.1) is 6.04 Å². The van der Waals surface area contributed by atoms with E-state index in [1.54, 1.807) is 0 Å². The van der Waals surface area contributed by atoms with E-state index in [9.17, 15) is 8.78 Å². The van der Waals surface area contributed by atoms with Crippen molar-refractivity contribution < 1.29 is 8.78 Å². The molecule has 4 heteroatoms. The summed E-state index contributed by atoms with van der Waals surface area (Å²) in [6.07, 6.45) is 0.532. The van der Waals surface area contributed by atoms with Gasteiger partial charge in [0.15, 0.2) is 0 Å². The van der Waals surface area contributed by atoms with E-state index in [0.29, 0.717) is 19.0 Å². The molecule has 0 aromatic carbocycles. The van der Waals surface area contributed by atoms with Crippen LogP contribution in [0.1, 0.15) is 33.6 Å². The molecule has 1 saturated heterocycles. The van der Waals surface area contributed by atoms with Crippen LogP contribution in [0.15, 0.2) is 0 Å². The van der Waals surface area contributed by atoms with Crippen molar-refractivity contribution in [1.82, 2.24) is 10.2 Å². The maximum absolute atomic E-state index is 13.3. The van der Waals surface area contributed by atoms with Gasteiger partial charge >= 0.3 is 0 Å². The predicted octanol–water partition coefficient (Wildman–Crippen LogP) is 2.10. The summed E-state index contributed by atoms with van der Waals surface area (Å²) in [6.45, 7) is 8.40. The van der Waals surface area contributed by atoms with Gasteiger partial charge in [-0.25, -0.2) is 8.78 Å². The fourth-order valence-corrected chi connectivity index (χ4v) is 2.13. The zero-order valence-corrected chi connectivity index (χ0v) is 9.89. The molecule has 0 aromatic heterocycles. The summed E-state index contributed by atoms with van der Waals surface area (Å²) in [5, 5.41) is 2.89. The Balaban J connectivity index is 2.36. The van der Waals surface area contributed by atoms with E-state index in [0.717, 1.165) is 13.1 Å². The Morgan fingerprint density at radius 3 is 2.53 bits per heavy atom. The third-order valence-corrected chi connectivity index (χ3v) is 3.20. The van der Waals surface area contributed by atoms with Crippen LogP contribution in [0.5, 0.6) is 0 Å². The number of hydrogen-bond acceptors (Lipinski definition) is 2. The van der Waals surface area contributed by atoms with Gasteiger partial charge in [-0.05, 0) is 26.8 Å². The molecule has 0 spiro atoms. The molecule has 1 atom stereocenters. The maximum Gasteiger partial charge on any atom is 0.264 e. The summed E-state index contributed by atoms with van der Waals surface area (Å²) in [5.74, 6) is -2.50. The average molecular weight is 220 g/mol. The molecule has 1 N–H and O–H groups in total. The molecule has 1 aliphatic heterocycles. The van der Waals surface area contributed by atoms with Gasteiger partial charge < -0.3 is 10.2 Å². The molecule has 1 fully saturated rings. The van der Waals surface area contributed by atoms with Crippen molar-refractivity contribution in [2.24, 2.45) is 0 Å². The fourth-order valence-electron chi connectivity index (χ4n) is 2.13. The molecule has 0 radical (unpaired) electrons. The molecule has 0 saturated carbocycles. The number of nitrogens with zero attached hydrogens (tertiary/aromatic N) is 1. The summed E-state index contributed by atoms with van der Waals surface area (Å²) in [7, 11) is 0. The molecule has 0 bridgehead atoms. The largest absolute Gasteiger partial charge is 0.308 e. The molecule has 1 unspecified atom stereocenters. The van der Waals surface area contributed by atoms with Crippen molar-refractivity contribution in [1.29, 1.82) is 0 Å². The summed E-state index contributed by atoms with van der Waals surface area (Å²) in [6, 6.07) is -0.185. The molecule has 0 aliphatic carbocycles. The van der Waals surface area contributed by atoms with Crippen molar-refractivity contribution in [3.8, 4) is 0 Å². The highest BCUT2D eigenvalue weighted by Crippen LogP contribution is 2.29. The Bertz CT molecular complexity index is 195. The Hall–Kier alpha value is -0.220. The molecule has 2 nitrogen and oxygen atoms in total. The van der Waals surface area contributed by atoms with Crippen LogP contribution in [-0.2, 0) is 0 Å². The van der Waals surface area contributed by atoms with Gasteiger partial charge in [-0.2, -0.15) is 0 Å². The molecule has 1 heterocycles. The Morgan fingerprint density at radius 1 is 1.47 bits per heavy atom. The zero-order chi connectivity index (χ0) is 11.5. The van der Waals surface area contributed by atoms with E-state index in [2.05, 4.69) is 31.0 Å². The number of nitrogens with one attached hydrogen (secondary N) is 1. The van der Waals surface area contributed by atoms with Crippen LogP contribution in [0.25, 0.3) is 0 Å². The normalized spacial score (nSPS) is 25.4. The topological polar surface area (TPSA) is 15.3 Å². The molecule has 1 aliphatic rings. The maximum atomic E-state index is 13.3. The van der Waals surface area contributed by atoms with Crippen molar-refractivity contribution >= 4 is 0 Å². The second-order valence-electron chi connectivity index (χ2n) is 4.53. The minimum atomic E-state index is -2.50. The molecule has 15 heavy (non-hydrogen) atoms.